The lowest BCUT2D eigenvalue weighted by Crippen LogP contribution is -2.46. The standard InChI is InChI=1S/C25H38Cl2O2/c26-24(13-3-1-4-14-24)20-11-7-9-18(22(20)28)17-19-10-8-12-21(23(19)29)25(27)15-5-2-6-16-25/h18-21H,1-17H2/t18-,19-,20-,21+/m0/s1. The quantitative estimate of drug-likeness (QED) is 0.431. The fraction of sp³-hybridized carbons (Fsp3) is 0.920. The Hall–Kier alpha value is -0.0800. The van der Waals surface area contributed by atoms with Crippen molar-refractivity contribution in [3.8, 4) is 0 Å². The Bertz CT molecular complexity index is 552. The van der Waals surface area contributed by atoms with Gasteiger partial charge in [0.2, 0.25) is 0 Å². The Morgan fingerprint density at radius 1 is 0.586 bits per heavy atom. The molecule has 0 heterocycles. The lowest BCUT2D eigenvalue weighted by molar-refractivity contribution is -0.135. The summed E-state index contributed by atoms with van der Waals surface area (Å²) in [4.78, 5) is 26.2. The lowest BCUT2D eigenvalue weighted by atomic mass is 9.64. The molecule has 0 aromatic carbocycles. The van der Waals surface area contributed by atoms with Crippen molar-refractivity contribution in [2.75, 3.05) is 0 Å². The zero-order chi connectivity index (χ0) is 20.5. The number of Topliss-reactive ketones (excluding diaryl/α,β-unsaturated/α-hetero) is 2. The van der Waals surface area contributed by atoms with Crippen LogP contribution in [-0.2, 0) is 9.59 Å². The summed E-state index contributed by atoms with van der Waals surface area (Å²) >= 11 is 14.0. The summed E-state index contributed by atoms with van der Waals surface area (Å²) in [7, 11) is 0. The fourth-order valence-electron chi connectivity index (χ4n) is 7.09. The van der Waals surface area contributed by atoms with Gasteiger partial charge in [-0.25, -0.2) is 0 Å². The van der Waals surface area contributed by atoms with Crippen LogP contribution < -0.4 is 0 Å². The molecule has 4 aliphatic rings. The highest BCUT2D eigenvalue weighted by Gasteiger charge is 2.49. The van der Waals surface area contributed by atoms with Crippen molar-refractivity contribution in [1.29, 1.82) is 0 Å². The van der Waals surface area contributed by atoms with Crippen molar-refractivity contribution < 1.29 is 9.59 Å². The predicted octanol–water partition coefficient (Wildman–Crippen LogP) is 7.23. The second-order valence-corrected chi connectivity index (χ2v) is 12.1. The minimum absolute atomic E-state index is 0.00965. The number of carbonyl (C=O) groups is 2. The molecule has 0 radical (unpaired) electrons. The van der Waals surface area contributed by atoms with Crippen LogP contribution in [0, 0.1) is 23.7 Å². The molecule has 0 amide bonds. The SMILES string of the molecule is O=C1[C@H](C[C@@H]2CCC[C@H](C3(Cl)CCCCC3)C2=O)CCC[C@H]1C1(Cl)CCCCC1. The molecule has 0 saturated heterocycles. The first-order chi connectivity index (χ1) is 13.9. The van der Waals surface area contributed by atoms with Crippen LogP contribution in [0.3, 0.4) is 0 Å². The van der Waals surface area contributed by atoms with Crippen molar-refractivity contribution in [2.24, 2.45) is 23.7 Å². The van der Waals surface area contributed by atoms with E-state index in [2.05, 4.69) is 0 Å². The Labute approximate surface area is 186 Å². The number of alkyl halides is 2. The topological polar surface area (TPSA) is 34.1 Å². The highest BCUT2D eigenvalue weighted by atomic mass is 35.5. The van der Waals surface area contributed by atoms with E-state index in [1.807, 2.05) is 0 Å². The maximum absolute atomic E-state index is 13.4. The first-order valence-corrected chi connectivity index (χ1v) is 13.1. The molecular weight excluding hydrogens is 403 g/mol. The summed E-state index contributed by atoms with van der Waals surface area (Å²) in [6.45, 7) is 0. The third-order valence-electron chi connectivity index (χ3n) is 8.77. The van der Waals surface area contributed by atoms with Gasteiger partial charge in [0.25, 0.3) is 0 Å². The molecule has 0 spiro atoms. The van der Waals surface area contributed by atoms with E-state index in [0.29, 0.717) is 11.6 Å². The number of halogens is 2. The molecule has 0 unspecified atom stereocenters. The van der Waals surface area contributed by atoms with Gasteiger partial charge in [-0.05, 0) is 57.8 Å². The van der Waals surface area contributed by atoms with E-state index in [0.717, 1.165) is 96.3 Å². The smallest absolute Gasteiger partial charge is 0.140 e. The van der Waals surface area contributed by atoms with E-state index in [4.69, 9.17) is 23.2 Å². The minimum atomic E-state index is -0.310. The normalized spacial score (nSPS) is 38.0. The van der Waals surface area contributed by atoms with Gasteiger partial charge in [-0.15, -0.1) is 23.2 Å². The monoisotopic (exact) mass is 440 g/mol. The molecule has 0 bridgehead atoms. The number of hydrogen-bond acceptors (Lipinski definition) is 2. The molecule has 4 aliphatic carbocycles. The summed E-state index contributed by atoms with van der Waals surface area (Å²) in [6, 6.07) is 0. The first-order valence-electron chi connectivity index (χ1n) is 12.4. The third-order valence-corrected chi connectivity index (χ3v) is 10.1. The average Bonchev–Trinajstić information content (AvgIpc) is 2.72. The maximum atomic E-state index is 13.4. The van der Waals surface area contributed by atoms with Crippen LogP contribution in [0.5, 0.6) is 0 Å². The molecular formula is C25H38Cl2O2. The number of rotatable bonds is 4. The Morgan fingerprint density at radius 3 is 1.34 bits per heavy atom. The van der Waals surface area contributed by atoms with Gasteiger partial charge in [0.05, 0.1) is 9.75 Å². The zero-order valence-corrected chi connectivity index (χ0v) is 19.4. The van der Waals surface area contributed by atoms with E-state index < -0.39 is 0 Å². The molecule has 0 N–H and O–H groups in total. The average molecular weight is 441 g/mol. The molecule has 4 atom stereocenters. The van der Waals surface area contributed by atoms with Crippen LogP contribution in [0.1, 0.15) is 109 Å². The van der Waals surface area contributed by atoms with Gasteiger partial charge in [-0.1, -0.05) is 51.4 Å². The number of hydrogen-bond donors (Lipinski definition) is 0. The van der Waals surface area contributed by atoms with Crippen LogP contribution in [0.2, 0.25) is 0 Å². The van der Waals surface area contributed by atoms with E-state index in [9.17, 15) is 9.59 Å². The molecule has 4 rings (SSSR count). The molecule has 4 heteroatoms. The van der Waals surface area contributed by atoms with Gasteiger partial charge in [0.1, 0.15) is 11.6 Å². The predicted molar refractivity (Wildman–Crippen MR) is 120 cm³/mol. The van der Waals surface area contributed by atoms with Crippen LogP contribution in [0.4, 0.5) is 0 Å². The highest BCUT2D eigenvalue weighted by Crippen LogP contribution is 2.49. The minimum Gasteiger partial charge on any atom is -0.299 e. The van der Waals surface area contributed by atoms with Crippen molar-refractivity contribution in [2.45, 2.75) is 119 Å². The van der Waals surface area contributed by atoms with E-state index in [1.165, 1.54) is 12.8 Å². The third kappa shape index (κ3) is 4.59. The van der Waals surface area contributed by atoms with Gasteiger partial charge in [-0.2, -0.15) is 0 Å². The second-order valence-electron chi connectivity index (χ2n) is 10.6. The molecule has 164 valence electrons. The fourth-order valence-corrected chi connectivity index (χ4v) is 8.06. The van der Waals surface area contributed by atoms with Gasteiger partial charge in [0, 0.05) is 23.7 Å². The van der Waals surface area contributed by atoms with Crippen LogP contribution in [0.15, 0.2) is 0 Å². The molecule has 4 fully saturated rings. The van der Waals surface area contributed by atoms with Gasteiger partial charge in [0.15, 0.2) is 0 Å². The van der Waals surface area contributed by atoms with Crippen molar-refractivity contribution in [3.05, 3.63) is 0 Å². The Balaban J connectivity index is 1.42. The molecule has 0 aromatic heterocycles. The van der Waals surface area contributed by atoms with Crippen molar-refractivity contribution in [1.82, 2.24) is 0 Å². The molecule has 29 heavy (non-hydrogen) atoms. The Kier molecular flexibility index (Phi) is 7.01. The van der Waals surface area contributed by atoms with Crippen molar-refractivity contribution >= 4 is 34.8 Å². The lowest BCUT2D eigenvalue weighted by Gasteiger charge is -2.44. The zero-order valence-electron chi connectivity index (χ0n) is 17.9. The Morgan fingerprint density at radius 2 is 0.966 bits per heavy atom. The summed E-state index contributed by atoms with van der Waals surface area (Å²) in [6.07, 6.45) is 17.7. The number of carbonyl (C=O) groups excluding carboxylic acids is 2. The van der Waals surface area contributed by atoms with Crippen LogP contribution >= 0.6 is 23.2 Å². The summed E-state index contributed by atoms with van der Waals surface area (Å²) in [5.74, 6) is 0.849. The highest BCUT2D eigenvalue weighted by molar-refractivity contribution is 6.26. The first kappa shape index (κ1) is 22.1. The van der Waals surface area contributed by atoms with E-state index in [-0.39, 0.29) is 33.4 Å². The summed E-state index contributed by atoms with van der Waals surface area (Å²) in [5.41, 5.74) is 0. The van der Waals surface area contributed by atoms with E-state index in [1.54, 1.807) is 0 Å². The maximum Gasteiger partial charge on any atom is 0.140 e. The van der Waals surface area contributed by atoms with Crippen LogP contribution in [-0.4, -0.2) is 21.3 Å². The number of ketones is 2. The molecule has 0 aromatic rings. The van der Waals surface area contributed by atoms with Crippen molar-refractivity contribution in [3.63, 3.8) is 0 Å². The second kappa shape index (κ2) is 9.19. The van der Waals surface area contributed by atoms with Gasteiger partial charge >= 0.3 is 0 Å². The summed E-state index contributed by atoms with van der Waals surface area (Å²) < 4.78 is 0. The van der Waals surface area contributed by atoms with E-state index >= 15 is 0 Å². The largest absolute Gasteiger partial charge is 0.299 e. The van der Waals surface area contributed by atoms with Gasteiger partial charge < -0.3 is 0 Å². The molecule has 0 aliphatic heterocycles. The molecule has 4 saturated carbocycles. The summed E-state index contributed by atoms with van der Waals surface area (Å²) in [5, 5.41) is 0. The van der Waals surface area contributed by atoms with Gasteiger partial charge in [-0.3, -0.25) is 9.59 Å². The molecule has 2 nitrogen and oxygen atoms in total. The van der Waals surface area contributed by atoms with Crippen LogP contribution in [0.25, 0.3) is 0 Å².